The van der Waals surface area contributed by atoms with Crippen LogP contribution in [0.4, 0.5) is 0 Å². The molecule has 1 unspecified atom stereocenters. The standard InChI is InChI=1S/C15H23N3O3S/c1-11(2)9-17-22(20,21)14-5-3-12(4-6-14)15(19)18-13-7-8-16-10-13/h3-6,11,13,16-17H,7-10H2,1-2H3,(H,18,19). The lowest BCUT2D eigenvalue weighted by Gasteiger charge is -2.12. The van der Waals surface area contributed by atoms with Gasteiger partial charge in [0.2, 0.25) is 10.0 Å². The minimum Gasteiger partial charge on any atom is -0.348 e. The van der Waals surface area contributed by atoms with Crippen LogP contribution >= 0.6 is 0 Å². The van der Waals surface area contributed by atoms with Crippen molar-refractivity contribution in [3.63, 3.8) is 0 Å². The molecule has 1 aromatic rings. The Bertz CT molecular complexity index is 605. The third-order valence-corrected chi connectivity index (χ3v) is 4.94. The highest BCUT2D eigenvalue weighted by atomic mass is 32.2. The van der Waals surface area contributed by atoms with E-state index in [2.05, 4.69) is 15.4 Å². The largest absolute Gasteiger partial charge is 0.348 e. The van der Waals surface area contributed by atoms with Gasteiger partial charge in [0.25, 0.3) is 5.91 Å². The Labute approximate surface area is 131 Å². The van der Waals surface area contributed by atoms with Crippen molar-refractivity contribution in [1.29, 1.82) is 0 Å². The van der Waals surface area contributed by atoms with Crippen molar-refractivity contribution in [1.82, 2.24) is 15.4 Å². The Hall–Kier alpha value is -1.44. The molecule has 0 bridgehead atoms. The summed E-state index contributed by atoms with van der Waals surface area (Å²) in [5.41, 5.74) is 0.467. The minimum absolute atomic E-state index is 0.142. The highest BCUT2D eigenvalue weighted by molar-refractivity contribution is 7.89. The maximum atomic E-state index is 12.1. The van der Waals surface area contributed by atoms with Gasteiger partial charge in [0, 0.05) is 24.7 Å². The topological polar surface area (TPSA) is 87.3 Å². The summed E-state index contributed by atoms with van der Waals surface area (Å²) in [4.78, 5) is 12.2. The number of hydrogen-bond acceptors (Lipinski definition) is 4. The highest BCUT2D eigenvalue weighted by Crippen LogP contribution is 2.11. The molecule has 0 aliphatic carbocycles. The number of carbonyl (C=O) groups excluding carboxylic acids is 1. The molecule has 1 aliphatic heterocycles. The number of rotatable bonds is 6. The quantitative estimate of drug-likeness (QED) is 0.719. The summed E-state index contributed by atoms with van der Waals surface area (Å²) in [7, 11) is -3.51. The molecule has 1 saturated heterocycles. The van der Waals surface area contributed by atoms with Crippen LogP contribution in [0, 0.1) is 5.92 Å². The van der Waals surface area contributed by atoms with E-state index in [1.165, 1.54) is 12.1 Å². The molecule has 1 fully saturated rings. The SMILES string of the molecule is CC(C)CNS(=O)(=O)c1ccc(C(=O)NC2CCNC2)cc1. The molecule has 0 saturated carbocycles. The summed E-state index contributed by atoms with van der Waals surface area (Å²) in [6.07, 6.45) is 0.914. The lowest BCUT2D eigenvalue weighted by Crippen LogP contribution is -2.36. The zero-order valence-electron chi connectivity index (χ0n) is 12.9. The third-order valence-electron chi connectivity index (χ3n) is 3.50. The Morgan fingerprint density at radius 1 is 1.32 bits per heavy atom. The van der Waals surface area contributed by atoms with Crippen molar-refractivity contribution in [2.75, 3.05) is 19.6 Å². The maximum Gasteiger partial charge on any atom is 0.251 e. The van der Waals surface area contributed by atoms with E-state index in [0.717, 1.165) is 19.5 Å². The second-order valence-electron chi connectivity index (χ2n) is 5.93. The molecule has 3 N–H and O–H groups in total. The van der Waals surface area contributed by atoms with Crippen LogP contribution in [0.5, 0.6) is 0 Å². The van der Waals surface area contributed by atoms with Crippen LogP contribution in [0.2, 0.25) is 0 Å². The number of hydrogen-bond donors (Lipinski definition) is 3. The number of carbonyl (C=O) groups is 1. The van der Waals surface area contributed by atoms with E-state index in [0.29, 0.717) is 12.1 Å². The average molecular weight is 325 g/mol. The normalized spacial score (nSPS) is 18.6. The highest BCUT2D eigenvalue weighted by Gasteiger charge is 2.19. The molecule has 0 spiro atoms. The molecule has 22 heavy (non-hydrogen) atoms. The molecule has 1 aliphatic rings. The van der Waals surface area contributed by atoms with E-state index in [4.69, 9.17) is 0 Å². The summed E-state index contributed by atoms with van der Waals surface area (Å²) in [6, 6.07) is 6.15. The fourth-order valence-electron chi connectivity index (χ4n) is 2.19. The van der Waals surface area contributed by atoms with Crippen LogP contribution < -0.4 is 15.4 Å². The monoisotopic (exact) mass is 325 g/mol. The Morgan fingerprint density at radius 3 is 2.55 bits per heavy atom. The summed E-state index contributed by atoms with van der Waals surface area (Å²) in [5, 5.41) is 6.11. The molecule has 122 valence electrons. The van der Waals surface area contributed by atoms with Crippen molar-refractivity contribution >= 4 is 15.9 Å². The van der Waals surface area contributed by atoms with Crippen molar-refractivity contribution in [3.05, 3.63) is 29.8 Å². The molecule has 1 atom stereocenters. The van der Waals surface area contributed by atoms with E-state index >= 15 is 0 Å². The van der Waals surface area contributed by atoms with E-state index in [1.54, 1.807) is 12.1 Å². The number of amides is 1. The molecular formula is C15H23N3O3S. The lowest BCUT2D eigenvalue weighted by atomic mass is 10.2. The van der Waals surface area contributed by atoms with Crippen molar-refractivity contribution in [2.45, 2.75) is 31.2 Å². The maximum absolute atomic E-state index is 12.1. The summed E-state index contributed by atoms with van der Waals surface area (Å²) in [6.45, 7) is 5.95. The lowest BCUT2D eigenvalue weighted by molar-refractivity contribution is 0.0940. The van der Waals surface area contributed by atoms with Gasteiger partial charge in [-0.1, -0.05) is 13.8 Å². The molecule has 0 aromatic heterocycles. The summed E-state index contributed by atoms with van der Waals surface area (Å²) in [5.74, 6) is 0.0626. The predicted octanol–water partition coefficient (Wildman–Crippen LogP) is 0.713. The smallest absolute Gasteiger partial charge is 0.251 e. The second-order valence-corrected chi connectivity index (χ2v) is 7.70. The summed E-state index contributed by atoms with van der Waals surface area (Å²) < 4.78 is 26.7. The van der Waals surface area contributed by atoms with Gasteiger partial charge < -0.3 is 10.6 Å². The fourth-order valence-corrected chi connectivity index (χ4v) is 3.41. The first-order valence-corrected chi connectivity index (χ1v) is 8.98. The van der Waals surface area contributed by atoms with Gasteiger partial charge in [-0.2, -0.15) is 0 Å². The van der Waals surface area contributed by atoms with Crippen molar-refractivity contribution in [3.8, 4) is 0 Å². The first-order valence-electron chi connectivity index (χ1n) is 7.50. The van der Waals surface area contributed by atoms with Gasteiger partial charge in [0.1, 0.15) is 0 Å². The van der Waals surface area contributed by atoms with Crippen molar-refractivity contribution in [2.24, 2.45) is 5.92 Å². The molecule has 7 heteroatoms. The third kappa shape index (κ3) is 4.53. The van der Waals surface area contributed by atoms with Gasteiger partial charge in [-0.15, -0.1) is 0 Å². The van der Waals surface area contributed by atoms with Crippen LogP contribution in [0.1, 0.15) is 30.6 Å². The average Bonchev–Trinajstić information content (AvgIpc) is 2.98. The van der Waals surface area contributed by atoms with Crippen molar-refractivity contribution < 1.29 is 13.2 Å². The van der Waals surface area contributed by atoms with E-state index < -0.39 is 10.0 Å². The molecule has 1 amide bonds. The Kier molecular flexibility index (Phi) is 5.55. The van der Waals surface area contributed by atoms with Gasteiger partial charge >= 0.3 is 0 Å². The zero-order valence-corrected chi connectivity index (χ0v) is 13.7. The molecule has 0 radical (unpaired) electrons. The minimum atomic E-state index is -3.51. The summed E-state index contributed by atoms with van der Waals surface area (Å²) >= 11 is 0. The molecule has 6 nitrogen and oxygen atoms in total. The van der Waals surface area contributed by atoms with Gasteiger partial charge in [-0.25, -0.2) is 13.1 Å². The first-order chi connectivity index (χ1) is 10.4. The molecular weight excluding hydrogens is 302 g/mol. The van der Waals surface area contributed by atoms with Gasteiger partial charge in [0.05, 0.1) is 4.90 Å². The van der Waals surface area contributed by atoms with E-state index in [1.807, 2.05) is 13.8 Å². The second kappa shape index (κ2) is 7.21. The number of sulfonamides is 1. The van der Waals surface area contributed by atoms with Crippen LogP contribution in [-0.2, 0) is 10.0 Å². The number of nitrogens with one attached hydrogen (secondary N) is 3. The van der Waals surface area contributed by atoms with E-state index in [9.17, 15) is 13.2 Å². The van der Waals surface area contributed by atoms with Gasteiger partial charge in [0.15, 0.2) is 0 Å². The molecule has 1 aromatic carbocycles. The van der Waals surface area contributed by atoms with Crippen LogP contribution in [0.15, 0.2) is 29.2 Å². The molecule has 1 heterocycles. The number of benzene rings is 1. The van der Waals surface area contributed by atoms with Crippen LogP contribution in [-0.4, -0.2) is 40.0 Å². The van der Waals surface area contributed by atoms with Crippen LogP contribution in [0.3, 0.4) is 0 Å². The van der Waals surface area contributed by atoms with Gasteiger partial charge in [-0.05, 0) is 43.1 Å². The first kappa shape index (κ1) is 16.9. The zero-order chi connectivity index (χ0) is 16.2. The van der Waals surface area contributed by atoms with Crippen LogP contribution in [0.25, 0.3) is 0 Å². The van der Waals surface area contributed by atoms with Gasteiger partial charge in [-0.3, -0.25) is 4.79 Å². The molecule has 2 rings (SSSR count). The van der Waals surface area contributed by atoms with E-state index in [-0.39, 0.29) is 22.8 Å². The Morgan fingerprint density at radius 2 is 2.00 bits per heavy atom. The Balaban J connectivity index is 2.01. The fraction of sp³-hybridized carbons (Fsp3) is 0.533. The predicted molar refractivity (Wildman–Crippen MR) is 85.2 cm³/mol.